The van der Waals surface area contributed by atoms with Gasteiger partial charge in [-0.25, -0.2) is 0 Å². The number of rotatable bonds is 13. The molecule has 0 radical (unpaired) electrons. The summed E-state index contributed by atoms with van der Waals surface area (Å²) in [5, 5.41) is 23.6. The van der Waals surface area contributed by atoms with Crippen molar-refractivity contribution in [3.8, 4) is 34.5 Å². The monoisotopic (exact) mass is 1560 g/mol. The number of ether oxygens (including phenoxy) is 6. The molecular weight excluding hydrogens is 1460 g/mol. The fraction of sp³-hybridized carbons (Fsp3) is 0.506. The lowest BCUT2D eigenvalue weighted by Gasteiger charge is -2.40. The topological polar surface area (TPSA) is 242 Å². The summed E-state index contributed by atoms with van der Waals surface area (Å²) in [7, 11) is 9.44. The van der Waals surface area contributed by atoms with Crippen LogP contribution in [0.4, 0.5) is 50.9 Å². The SMILES string of the molecule is COc1cc2c(cc1N)C(C)(C)C(CC(=O)C(F)(F)F)CC2.COc1cc2c(cc1[N+](=O)[O-])C(C)(C)C(CC(=O)C(F)(F)F)CC2.COc1ccc2c(c1)CC/C(=N\O)C2(C)C.COc1ccc2c(c1)CCC(=O)C2.COc1ccc2c(c1)CCC(=O)C2(C)C.COc1ccc2c(c1)CCC(CC(=O)C(F)(F)F)C2(C)C. The zero-order valence-corrected chi connectivity index (χ0v) is 65.9. The van der Waals surface area contributed by atoms with Crippen molar-refractivity contribution >= 4 is 46.0 Å². The second kappa shape index (κ2) is 35.5. The molecule has 0 spiro atoms. The zero-order valence-electron chi connectivity index (χ0n) is 65.9. The number of hydrogen-bond donors (Lipinski definition) is 2. The molecule has 6 aliphatic carbocycles. The highest BCUT2D eigenvalue weighted by Gasteiger charge is 2.48. The first kappa shape index (κ1) is 88.7. The first-order valence-electron chi connectivity index (χ1n) is 36.7. The molecule has 0 bridgehead atoms. The van der Waals surface area contributed by atoms with Crippen molar-refractivity contribution in [2.75, 3.05) is 48.4 Å². The van der Waals surface area contributed by atoms with E-state index in [2.05, 4.69) is 31.1 Å². The third-order valence-corrected chi connectivity index (χ3v) is 23.3. The smallest absolute Gasteiger partial charge is 0.449 e. The minimum atomic E-state index is -4.86. The fourth-order valence-corrected chi connectivity index (χ4v) is 16.0. The molecule has 6 aromatic rings. The second-order valence-electron chi connectivity index (χ2n) is 31.6. The number of carbonyl (C=O) groups excluding carboxylic acids is 5. The van der Waals surface area contributed by atoms with Crippen LogP contribution < -0.4 is 34.2 Å². The van der Waals surface area contributed by atoms with E-state index in [1.807, 2.05) is 108 Å². The normalized spacial score (nSPS) is 19.4. The molecule has 6 aromatic carbocycles. The Labute approximate surface area is 642 Å². The van der Waals surface area contributed by atoms with E-state index in [1.165, 1.54) is 42.5 Å². The number of anilines is 1. The molecular formula is C85H102F9N3O14. The summed E-state index contributed by atoms with van der Waals surface area (Å²) in [6, 6.07) is 30.2. The summed E-state index contributed by atoms with van der Waals surface area (Å²) >= 11 is 0. The predicted octanol–water partition coefficient (Wildman–Crippen LogP) is 18.7. The number of methoxy groups -OCH3 is 6. The molecule has 111 heavy (non-hydrogen) atoms. The number of halogens is 9. The Bertz CT molecular complexity index is 4440. The van der Waals surface area contributed by atoms with E-state index in [9.17, 15) is 73.6 Å². The average Bonchev–Trinajstić information content (AvgIpc) is 0.768. The van der Waals surface area contributed by atoms with Gasteiger partial charge >= 0.3 is 24.2 Å². The lowest BCUT2D eigenvalue weighted by Crippen LogP contribution is -2.38. The van der Waals surface area contributed by atoms with Crippen LogP contribution in [0.1, 0.15) is 194 Å². The number of ketones is 5. The summed E-state index contributed by atoms with van der Waals surface area (Å²) < 4.78 is 144. The number of aryl methyl sites for hydroxylation is 6. The molecule has 26 heteroatoms. The molecule has 3 atom stereocenters. The van der Waals surface area contributed by atoms with Crippen LogP contribution in [0.25, 0.3) is 0 Å². The van der Waals surface area contributed by atoms with Crippen molar-refractivity contribution in [2.24, 2.45) is 22.9 Å². The largest absolute Gasteiger partial charge is 0.497 e. The number of nitro benzene ring substituents is 1. The van der Waals surface area contributed by atoms with Gasteiger partial charge in [0.2, 0.25) is 17.3 Å². The summed E-state index contributed by atoms with van der Waals surface area (Å²) in [5.41, 5.74) is 17.5. The number of hydrogen-bond acceptors (Lipinski definition) is 16. The molecule has 0 aromatic heterocycles. The number of oxime groups is 1. The molecule has 3 N–H and O–H groups in total. The number of fused-ring (bicyclic) bond motifs is 6. The van der Waals surface area contributed by atoms with Gasteiger partial charge in [-0.3, -0.25) is 34.1 Å². The Morgan fingerprint density at radius 1 is 0.441 bits per heavy atom. The van der Waals surface area contributed by atoms with Gasteiger partial charge in [0.05, 0.1) is 59.0 Å². The Morgan fingerprint density at radius 2 is 0.793 bits per heavy atom. The summed E-state index contributed by atoms with van der Waals surface area (Å²) in [5.74, 6) is -1.47. The molecule has 0 fully saturated rings. The van der Waals surface area contributed by atoms with Gasteiger partial charge < -0.3 is 39.4 Å². The number of nitrogens with zero attached hydrogens (tertiary/aromatic N) is 2. The molecule has 0 amide bonds. The van der Waals surface area contributed by atoms with Crippen molar-refractivity contribution < 1.29 is 102 Å². The molecule has 6 aliphatic rings. The molecule has 12 rings (SSSR count). The van der Waals surface area contributed by atoms with Crippen molar-refractivity contribution in [3.63, 3.8) is 0 Å². The molecule has 0 aliphatic heterocycles. The molecule has 0 heterocycles. The zero-order chi connectivity index (χ0) is 82.9. The number of carbonyl (C=O) groups is 5. The highest BCUT2D eigenvalue weighted by atomic mass is 19.4. The number of nitrogens with two attached hydrogens (primary N) is 1. The van der Waals surface area contributed by atoms with E-state index in [0.29, 0.717) is 86.4 Å². The van der Waals surface area contributed by atoms with Gasteiger partial charge in [0.15, 0.2) is 5.75 Å². The highest BCUT2D eigenvalue weighted by Crippen LogP contribution is 2.50. The van der Waals surface area contributed by atoms with Crippen LogP contribution >= 0.6 is 0 Å². The van der Waals surface area contributed by atoms with Crippen LogP contribution in [0.3, 0.4) is 0 Å². The van der Waals surface area contributed by atoms with Gasteiger partial charge in [-0.05, 0) is 246 Å². The third-order valence-electron chi connectivity index (χ3n) is 23.3. The van der Waals surface area contributed by atoms with Crippen LogP contribution in [-0.2, 0) is 96.0 Å². The van der Waals surface area contributed by atoms with Crippen LogP contribution in [-0.4, -0.2) is 106 Å². The van der Waals surface area contributed by atoms with Gasteiger partial charge in [0, 0.05) is 55.4 Å². The average molecular weight is 1560 g/mol. The Morgan fingerprint density at radius 3 is 1.20 bits per heavy atom. The van der Waals surface area contributed by atoms with Crippen molar-refractivity contribution in [2.45, 2.75) is 218 Å². The number of alkyl halides is 9. The lowest BCUT2D eigenvalue weighted by atomic mass is 9.64. The van der Waals surface area contributed by atoms with Crippen LogP contribution in [0.2, 0.25) is 0 Å². The molecule has 3 unspecified atom stereocenters. The predicted molar refractivity (Wildman–Crippen MR) is 405 cm³/mol. The quantitative estimate of drug-likeness (QED) is 0.0359. The van der Waals surface area contributed by atoms with Crippen LogP contribution in [0.15, 0.2) is 102 Å². The van der Waals surface area contributed by atoms with E-state index >= 15 is 0 Å². The van der Waals surface area contributed by atoms with Gasteiger partial charge in [0.1, 0.15) is 40.3 Å². The van der Waals surface area contributed by atoms with Gasteiger partial charge in [-0.1, -0.05) is 84.8 Å². The number of benzene rings is 6. The molecule has 0 saturated carbocycles. The van der Waals surface area contributed by atoms with Crippen molar-refractivity contribution in [1.82, 2.24) is 0 Å². The lowest BCUT2D eigenvalue weighted by molar-refractivity contribution is -0.385. The Balaban J connectivity index is 0.000000187. The van der Waals surface area contributed by atoms with Crippen LogP contribution in [0.5, 0.6) is 34.5 Å². The molecule has 0 saturated heterocycles. The van der Waals surface area contributed by atoms with E-state index in [4.69, 9.17) is 39.4 Å². The van der Waals surface area contributed by atoms with Gasteiger partial charge in [-0.15, -0.1) is 0 Å². The fourth-order valence-electron chi connectivity index (χ4n) is 16.0. The second-order valence-corrected chi connectivity index (χ2v) is 31.6. The Kier molecular flexibility index (Phi) is 28.4. The van der Waals surface area contributed by atoms with E-state index in [-0.39, 0.29) is 34.1 Å². The Hall–Kier alpha value is -9.49. The maximum Gasteiger partial charge on any atom is 0.449 e. The third kappa shape index (κ3) is 20.8. The summed E-state index contributed by atoms with van der Waals surface area (Å²) in [6.45, 7) is 19.2. The number of nitrogen functional groups attached to an aromatic ring is 1. The van der Waals surface area contributed by atoms with Crippen molar-refractivity contribution in [1.29, 1.82) is 0 Å². The minimum absolute atomic E-state index is 0.124. The summed E-state index contributed by atoms with van der Waals surface area (Å²) in [6.07, 6.45) is -7.30. The highest BCUT2D eigenvalue weighted by molar-refractivity contribution is 5.96. The maximum absolute atomic E-state index is 12.6. The van der Waals surface area contributed by atoms with Crippen LogP contribution in [0, 0.1) is 27.9 Å². The van der Waals surface area contributed by atoms with E-state index in [0.717, 1.165) is 93.3 Å². The standard InChI is InChI=1S/C16H18F3NO4.C16H20F3NO2.C16H19F3O2.C13H17NO2.C13H16O2.C11H12O2/c1-15(2)10(7-14(21)16(17,18)19)5-4-9-6-13(24-3)12(20(22)23)8-11(9)15;1-15(2)10(7-14(21)16(17,18)19)5-4-9-6-13(22-3)12(20)8-11(9)15;1-15(2)11(9-14(20)16(17,18)19)5-4-10-8-12(21-3)6-7-13(10)15;1-13(2)11-6-5-10(16-3)8-9(11)4-7-12(13)14-15;1-13(2)11-6-5-10(15-3)8-9(11)4-7-12(13)14;1-13-11-5-3-8-6-10(12)4-2-9(8)7-11/h6,8,10H,4-5,7H2,1-3H3;6,8,10H,4-5,7,20H2,1-3H3;6-8,11H,4-5,9H2,1-3H3;5-6,8,15H,4,7H2,1-3H3;5-6,8H,4,7H2,1-3H3;3,5,7H,2,4,6H2,1H3/b;;;14-12+;;. The van der Waals surface area contributed by atoms with Gasteiger partial charge in [0.25, 0.3) is 0 Å². The maximum atomic E-state index is 12.6. The number of Topliss-reactive ketones (excluding diaryl/α,β-unsaturated/α-hetero) is 5. The number of nitro groups is 1. The summed E-state index contributed by atoms with van der Waals surface area (Å²) in [4.78, 5) is 67.5. The minimum Gasteiger partial charge on any atom is -0.497 e. The van der Waals surface area contributed by atoms with Gasteiger partial charge in [-0.2, -0.15) is 39.5 Å². The first-order valence-corrected chi connectivity index (χ1v) is 36.7. The molecule has 604 valence electrons. The van der Waals surface area contributed by atoms with E-state index in [1.54, 1.807) is 54.4 Å². The van der Waals surface area contributed by atoms with Crippen molar-refractivity contribution in [3.05, 3.63) is 174 Å². The van der Waals surface area contributed by atoms with E-state index < -0.39 is 82.2 Å². The molecule has 17 nitrogen and oxygen atoms in total. The first-order chi connectivity index (χ1) is 51.6.